The molecule has 5 N–H and O–H groups in total. The van der Waals surface area contributed by atoms with Crippen molar-refractivity contribution in [3.05, 3.63) is 0 Å². The van der Waals surface area contributed by atoms with Crippen LogP contribution in [0.5, 0.6) is 0 Å². The monoisotopic (exact) mass is 564 g/mol. The highest BCUT2D eigenvalue weighted by Crippen LogP contribution is 2.89. The molecule has 2 aliphatic heterocycles. The molecule has 2 heterocycles. The van der Waals surface area contributed by atoms with Crippen molar-refractivity contribution in [2.24, 2.45) is 50.7 Å². The standard InChI is InChI=1S/C32H52O8/c1-16-12-17(13-33)39-25-22(16)29(4)10-11-32-15-31(32)9-8-21(40-27-24(36)23(35)18(34)14-38-27)28(2,3)19(31)6-7-20(32)30(29,5)26(25)37/h16-27,33-37H,6-15H2,1-5H3/t16-,17?,18-,19+,20?,21+,22+,23+,24-,25?,26+,27+,29-,30-,31-,32+/m1/s1. The summed E-state index contributed by atoms with van der Waals surface area (Å²) in [4.78, 5) is 0. The molecule has 0 aromatic heterocycles. The highest BCUT2D eigenvalue weighted by atomic mass is 16.7. The van der Waals surface area contributed by atoms with Gasteiger partial charge in [-0.2, -0.15) is 0 Å². The van der Waals surface area contributed by atoms with Gasteiger partial charge in [0.2, 0.25) is 0 Å². The molecule has 7 fully saturated rings. The van der Waals surface area contributed by atoms with Crippen LogP contribution in [0.15, 0.2) is 0 Å². The van der Waals surface area contributed by atoms with E-state index in [0.29, 0.717) is 23.7 Å². The molecule has 2 spiro atoms. The van der Waals surface area contributed by atoms with Crippen LogP contribution in [0, 0.1) is 50.7 Å². The van der Waals surface area contributed by atoms with Gasteiger partial charge in [-0.25, -0.2) is 0 Å². The average molecular weight is 565 g/mol. The zero-order valence-electron chi connectivity index (χ0n) is 25.0. The maximum absolute atomic E-state index is 12.1. The van der Waals surface area contributed by atoms with Crippen LogP contribution < -0.4 is 0 Å². The normalized spacial score (nSPS) is 62.0. The Morgan fingerprint density at radius 1 is 0.875 bits per heavy atom. The third-order valence-electron chi connectivity index (χ3n) is 14.8. The van der Waals surface area contributed by atoms with Crippen molar-refractivity contribution >= 4 is 0 Å². The quantitative estimate of drug-likeness (QED) is 0.331. The molecule has 7 rings (SSSR count). The van der Waals surface area contributed by atoms with Crippen LogP contribution in [-0.4, -0.2) is 87.8 Å². The van der Waals surface area contributed by atoms with E-state index in [4.69, 9.17) is 14.2 Å². The molecule has 7 aliphatic rings. The molecule has 0 aromatic carbocycles. The van der Waals surface area contributed by atoms with E-state index in [1.165, 1.54) is 12.8 Å². The van der Waals surface area contributed by atoms with Gasteiger partial charge in [-0.3, -0.25) is 0 Å². The van der Waals surface area contributed by atoms with E-state index in [0.717, 1.165) is 38.5 Å². The van der Waals surface area contributed by atoms with Gasteiger partial charge >= 0.3 is 0 Å². The van der Waals surface area contributed by atoms with Crippen LogP contribution in [0.25, 0.3) is 0 Å². The number of hydrogen-bond acceptors (Lipinski definition) is 8. The van der Waals surface area contributed by atoms with Gasteiger partial charge in [0.05, 0.1) is 37.6 Å². The predicted octanol–water partition coefficient (Wildman–Crippen LogP) is 2.62. The Bertz CT molecular complexity index is 1020. The zero-order chi connectivity index (χ0) is 28.6. The van der Waals surface area contributed by atoms with Crippen molar-refractivity contribution in [3.63, 3.8) is 0 Å². The fourth-order valence-electron chi connectivity index (χ4n) is 12.8. The van der Waals surface area contributed by atoms with Gasteiger partial charge in [0.15, 0.2) is 6.29 Å². The fourth-order valence-corrected chi connectivity index (χ4v) is 12.8. The van der Waals surface area contributed by atoms with Crippen LogP contribution in [0.3, 0.4) is 0 Å². The highest BCUT2D eigenvalue weighted by Gasteiger charge is 2.84. The summed E-state index contributed by atoms with van der Waals surface area (Å²) < 4.78 is 18.5. The highest BCUT2D eigenvalue weighted by molar-refractivity contribution is 5.32. The largest absolute Gasteiger partial charge is 0.394 e. The summed E-state index contributed by atoms with van der Waals surface area (Å²) in [5, 5.41) is 52.7. The predicted molar refractivity (Wildman–Crippen MR) is 146 cm³/mol. The van der Waals surface area contributed by atoms with Gasteiger partial charge in [-0.1, -0.05) is 34.6 Å². The van der Waals surface area contributed by atoms with Crippen LogP contribution >= 0.6 is 0 Å². The third kappa shape index (κ3) is 3.26. The van der Waals surface area contributed by atoms with E-state index < -0.39 is 30.7 Å². The molecule has 2 saturated heterocycles. The first-order valence-corrected chi connectivity index (χ1v) is 16.0. The van der Waals surface area contributed by atoms with E-state index >= 15 is 0 Å². The van der Waals surface area contributed by atoms with Crippen LogP contribution in [-0.2, 0) is 14.2 Å². The first kappa shape index (κ1) is 28.5. The minimum Gasteiger partial charge on any atom is -0.394 e. The molecule has 5 aliphatic carbocycles. The average Bonchev–Trinajstić information content (AvgIpc) is 3.55. The molecule has 228 valence electrons. The Labute approximate surface area is 238 Å². The number of aliphatic hydroxyl groups is 5. The van der Waals surface area contributed by atoms with E-state index in [-0.39, 0.29) is 58.6 Å². The number of hydrogen-bond donors (Lipinski definition) is 5. The lowest BCUT2D eigenvalue weighted by molar-refractivity contribution is -0.303. The molecule has 0 bridgehead atoms. The van der Waals surface area contributed by atoms with E-state index in [9.17, 15) is 25.5 Å². The Kier molecular flexibility index (Phi) is 6.31. The second-order valence-corrected chi connectivity index (χ2v) is 16.2. The number of aliphatic hydroxyl groups excluding tert-OH is 5. The van der Waals surface area contributed by atoms with Crippen LogP contribution in [0.4, 0.5) is 0 Å². The molecule has 5 saturated carbocycles. The lowest BCUT2D eigenvalue weighted by Gasteiger charge is -2.64. The molecule has 3 unspecified atom stereocenters. The summed E-state index contributed by atoms with van der Waals surface area (Å²) in [6, 6.07) is 0. The summed E-state index contributed by atoms with van der Waals surface area (Å²) in [5.41, 5.74) is 0.147. The molecule has 0 amide bonds. The van der Waals surface area contributed by atoms with Crippen LogP contribution in [0.2, 0.25) is 0 Å². The van der Waals surface area contributed by atoms with Gasteiger partial charge in [0.1, 0.15) is 18.3 Å². The second kappa shape index (κ2) is 8.87. The minimum atomic E-state index is -1.27. The lowest BCUT2D eigenvalue weighted by Crippen LogP contribution is -2.61. The van der Waals surface area contributed by atoms with Gasteiger partial charge in [-0.15, -0.1) is 0 Å². The second-order valence-electron chi connectivity index (χ2n) is 16.2. The Morgan fingerprint density at radius 2 is 1.57 bits per heavy atom. The van der Waals surface area contributed by atoms with Crippen molar-refractivity contribution in [1.29, 1.82) is 0 Å². The summed E-state index contributed by atoms with van der Waals surface area (Å²) >= 11 is 0. The Balaban J connectivity index is 1.16. The zero-order valence-corrected chi connectivity index (χ0v) is 25.0. The van der Waals surface area contributed by atoms with Gasteiger partial charge in [0, 0.05) is 5.41 Å². The molecule has 8 nitrogen and oxygen atoms in total. The van der Waals surface area contributed by atoms with Crippen molar-refractivity contribution in [3.8, 4) is 0 Å². The summed E-state index contributed by atoms with van der Waals surface area (Å²) in [7, 11) is 0. The molecular formula is C32H52O8. The SMILES string of the molecule is C[C@@H]1CC(CO)OC2[C@H]1[C@@]1(C)CC[C@@]34C[C@@]35CC[C@H](O[C@@H]3OC[C@@H](O)[C@H](O)[C@H]3O)C(C)(C)[C@@H]5CCC4[C@]1(C)[C@H]2O. The smallest absolute Gasteiger partial charge is 0.186 e. The number of ether oxygens (including phenoxy) is 3. The summed E-state index contributed by atoms with van der Waals surface area (Å²) in [6.45, 7) is 11.7. The van der Waals surface area contributed by atoms with E-state index in [1.54, 1.807) is 0 Å². The first-order chi connectivity index (χ1) is 18.8. The Hall–Kier alpha value is -0.320. The molecule has 0 radical (unpaired) electrons. The number of fused-ring (bicyclic) bond motifs is 4. The van der Waals surface area contributed by atoms with E-state index in [1.807, 2.05) is 0 Å². The van der Waals surface area contributed by atoms with E-state index in [2.05, 4.69) is 34.6 Å². The molecule has 8 heteroatoms. The summed E-state index contributed by atoms with van der Waals surface area (Å²) in [5.74, 6) is 1.66. The van der Waals surface area contributed by atoms with Crippen molar-refractivity contribution in [2.75, 3.05) is 13.2 Å². The lowest BCUT2D eigenvalue weighted by atomic mass is 9.41. The first-order valence-electron chi connectivity index (χ1n) is 16.0. The van der Waals surface area contributed by atoms with Gasteiger partial charge in [0.25, 0.3) is 0 Å². The minimum absolute atomic E-state index is 0.0130. The maximum Gasteiger partial charge on any atom is 0.186 e. The third-order valence-corrected chi connectivity index (χ3v) is 14.8. The Morgan fingerprint density at radius 3 is 2.30 bits per heavy atom. The maximum atomic E-state index is 12.1. The molecular weight excluding hydrogens is 512 g/mol. The van der Waals surface area contributed by atoms with Gasteiger partial charge < -0.3 is 39.7 Å². The molecule has 16 atom stereocenters. The van der Waals surface area contributed by atoms with Gasteiger partial charge in [-0.05, 0) is 96.7 Å². The molecule has 0 aromatic rings. The fraction of sp³-hybridized carbons (Fsp3) is 1.00. The number of rotatable bonds is 3. The molecule has 40 heavy (non-hydrogen) atoms. The topological polar surface area (TPSA) is 129 Å². The van der Waals surface area contributed by atoms with Crippen molar-refractivity contribution in [2.45, 2.75) is 135 Å². The van der Waals surface area contributed by atoms with Crippen molar-refractivity contribution < 1.29 is 39.7 Å². The summed E-state index contributed by atoms with van der Waals surface area (Å²) in [6.07, 6.45) is 2.99. The van der Waals surface area contributed by atoms with Crippen molar-refractivity contribution in [1.82, 2.24) is 0 Å². The van der Waals surface area contributed by atoms with Crippen LogP contribution in [0.1, 0.15) is 86.0 Å².